The Morgan fingerprint density at radius 1 is 1.05 bits per heavy atom. The van der Waals surface area contributed by atoms with Crippen molar-refractivity contribution in [2.24, 2.45) is 5.92 Å². The Bertz CT molecular complexity index is 334. The van der Waals surface area contributed by atoms with Crippen LogP contribution in [-0.2, 0) is 6.54 Å². The monoisotopic (exact) mass is 293 g/mol. The lowest BCUT2D eigenvalue weighted by molar-refractivity contribution is 0.499. The summed E-state index contributed by atoms with van der Waals surface area (Å²) in [7, 11) is 0. The summed E-state index contributed by atoms with van der Waals surface area (Å²) in [5.74, 6) is 2.15. The van der Waals surface area contributed by atoms with Gasteiger partial charge in [-0.1, -0.05) is 52.2 Å². The molecule has 0 aliphatic rings. The summed E-state index contributed by atoms with van der Waals surface area (Å²) in [4.78, 5) is 1.42. The summed E-state index contributed by atoms with van der Waals surface area (Å²) in [6.07, 6.45) is 6.59. The quantitative estimate of drug-likeness (QED) is 0.427. The molecule has 0 amide bonds. The first-order chi connectivity index (χ1) is 9.80. The van der Waals surface area contributed by atoms with Crippen LogP contribution in [-0.4, -0.2) is 12.3 Å². The minimum atomic E-state index is 0.880. The Morgan fingerprint density at radius 2 is 1.80 bits per heavy atom. The highest BCUT2D eigenvalue weighted by Gasteiger charge is 2.06. The van der Waals surface area contributed by atoms with Crippen molar-refractivity contribution in [2.45, 2.75) is 64.3 Å². The highest BCUT2D eigenvalue weighted by molar-refractivity contribution is 7.99. The van der Waals surface area contributed by atoms with Gasteiger partial charge < -0.3 is 5.32 Å². The Kier molecular flexibility index (Phi) is 9.86. The van der Waals surface area contributed by atoms with Crippen LogP contribution in [0.4, 0.5) is 0 Å². The molecule has 1 atom stereocenters. The number of hydrogen-bond acceptors (Lipinski definition) is 2. The number of nitrogens with one attached hydrogen (secondary N) is 1. The maximum Gasteiger partial charge on any atom is 0.0205 e. The second kappa shape index (κ2) is 11.2. The maximum absolute atomic E-state index is 3.45. The summed E-state index contributed by atoms with van der Waals surface area (Å²) in [5, 5.41) is 3.45. The molecule has 1 rings (SSSR count). The number of unbranched alkanes of at least 4 members (excludes halogenated alkanes) is 1. The van der Waals surface area contributed by atoms with E-state index in [4.69, 9.17) is 0 Å². The van der Waals surface area contributed by atoms with Crippen molar-refractivity contribution in [2.75, 3.05) is 12.3 Å². The van der Waals surface area contributed by atoms with Crippen molar-refractivity contribution < 1.29 is 0 Å². The molecule has 20 heavy (non-hydrogen) atoms. The van der Waals surface area contributed by atoms with Crippen molar-refractivity contribution in [3.63, 3.8) is 0 Å². The van der Waals surface area contributed by atoms with Crippen LogP contribution in [0.15, 0.2) is 29.2 Å². The third-order valence-corrected chi connectivity index (χ3v) is 4.95. The smallest absolute Gasteiger partial charge is 0.0205 e. The molecule has 0 saturated heterocycles. The molecule has 1 N–H and O–H groups in total. The lowest BCUT2D eigenvalue weighted by Crippen LogP contribution is -2.13. The van der Waals surface area contributed by atoms with E-state index in [1.54, 1.807) is 0 Å². The Labute approximate surface area is 129 Å². The van der Waals surface area contributed by atoms with E-state index in [-0.39, 0.29) is 0 Å². The Balaban J connectivity index is 2.32. The topological polar surface area (TPSA) is 12.0 Å². The predicted molar refractivity (Wildman–Crippen MR) is 92.5 cm³/mol. The lowest BCUT2D eigenvalue weighted by Gasteiger charge is -2.14. The van der Waals surface area contributed by atoms with Crippen LogP contribution in [0.1, 0.15) is 58.4 Å². The molecule has 0 bridgehead atoms. The van der Waals surface area contributed by atoms with E-state index in [1.165, 1.54) is 48.3 Å². The minimum absolute atomic E-state index is 0.880. The summed E-state index contributed by atoms with van der Waals surface area (Å²) < 4.78 is 0. The zero-order valence-corrected chi connectivity index (χ0v) is 14.3. The third-order valence-electron chi connectivity index (χ3n) is 3.71. The number of hydrogen-bond donors (Lipinski definition) is 1. The first-order valence-electron chi connectivity index (χ1n) is 8.22. The molecule has 1 nitrogen and oxygen atoms in total. The van der Waals surface area contributed by atoms with E-state index >= 15 is 0 Å². The molecular formula is C18H31NS. The summed E-state index contributed by atoms with van der Waals surface area (Å²) >= 11 is 2.02. The highest BCUT2D eigenvalue weighted by Crippen LogP contribution is 2.25. The van der Waals surface area contributed by atoms with Crippen LogP contribution in [0, 0.1) is 5.92 Å². The zero-order chi connectivity index (χ0) is 14.6. The van der Waals surface area contributed by atoms with Crippen LogP contribution < -0.4 is 5.32 Å². The van der Waals surface area contributed by atoms with Crippen molar-refractivity contribution >= 4 is 11.8 Å². The highest BCUT2D eigenvalue weighted by atomic mass is 32.2. The standard InChI is InChI=1S/C18H31NS/c1-4-7-8-16(6-3)15-20-18-11-9-17(10-12-18)14-19-13-5-2/h9-12,16,19H,4-8,13-15H2,1-3H3. The molecule has 0 saturated carbocycles. The van der Waals surface area contributed by atoms with Gasteiger partial charge >= 0.3 is 0 Å². The van der Waals surface area contributed by atoms with Gasteiger partial charge in [0.15, 0.2) is 0 Å². The third kappa shape index (κ3) is 7.35. The molecule has 0 spiro atoms. The van der Waals surface area contributed by atoms with Crippen molar-refractivity contribution in [1.82, 2.24) is 5.32 Å². The van der Waals surface area contributed by atoms with Crippen LogP contribution in [0.5, 0.6) is 0 Å². The molecule has 2 heteroatoms. The normalized spacial score (nSPS) is 12.6. The number of rotatable bonds is 11. The molecule has 1 aromatic carbocycles. The van der Waals surface area contributed by atoms with Crippen molar-refractivity contribution in [1.29, 1.82) is 0 Å². The fourth-order valence-electron chi connectivity index (χ4n) is 2.23. The fourth-order valence-corrected chi connectivity index (χ4v) is 3.38. The number of benzene rings is 1. The van der Waals surface area contributed by atoms with E-state index in [0.29, 0.717) is 0 Å². The molecule has 0 radical (unpaired) electrons. The average molecular weight is 294 g/mol. The lowest BCUT2D eigenvalue weighted by atomic mass is 10.0. The van der Waals surface area contributed by atoms with Gasteiger partial charge in [-0.25, -0.2) is 0 Å². The predicted octanol–water partition coefficient (Wildman–Crippen LogP) is 5.49. The Hall–Kier alpha value is -0.470. The summed E-state index contributed by atoms with van der Waals surface area (Å²) in [6, 6.07) is 9.08. The van der Waals surface area contributed by atoms with Gasteiger partial charge in [-0.15, -0.1) is 11.8 Å². The van der Waals surface area contributed by atoms with Gasteiger partial charge in [0.1, 0.15) is 0 Å². The molecule has 0 heterocycles. The van der Waals surface area contributed by atoms with Crippen LogP contribution in [0.25, 0.3) is 0 Å². The molecular weight excluding hydrogens is 262 g/mol. The largest absolute Gasteiger partial charge is 0.313 e. The van der Waals surface area contributed by atoms with Gasteiger partial charge in [0.25, 0.3) is 0 Å². The van der Waals surface area contributed by atoms with Crippen LogP contribution in [0.2, 0.25) is 0 Å². The summed E-state index contributed by atoms with van der Waals surface area (Å²) in [6.45, 7) is 8.91. The van der Waals surface area contributed by atoms with Gasteiger partial charge in [0.05, 0.1) is 0 Å². The van der Waals surface area contributed by atoms with Crippen molar-refractivity contribution in [3.8, 4) is 0 Å². The van der Waals surface area contributed by atoms with Crippen LogP contribution >= 0.6 is 11.8 Å². The van der Waals surface area contributed by atoms with E-state index < -0.39 is 0 Å². The molecule has 114 valence electrons. The number of thioether (sulfide) groups is 1. The average Bonchev–Trinajstić information content (AvgIpc) is 2.49. The van der Waals surface area contributed by atoms with Gasteiger partial charge in [0.2, 0.25) is 0 Å². The summed E-state index contributed by atoms with van der Waals surface area (Å²) in [5.41, 5.74) is 1.39. The maximum atomic E-state index is 3.45. The minimum Gasteiger partial charge on any atom is -0.313 e. The van der Waals surface area contributed by atoms with Gasteiger partial charge in [-0.2, -0.15) is 0 Å². The first-order valence-corrected chi connectivity index (χ1v) is 9.21. The first kappa shape index (κ1) is 17.6. The molecule has 0 fully saturated rings. The second-order valence-corrected chi connectivity index (χ2v) is 6.64. The van der Waals surface area contributed by atoms with Gasteiger partial charge in [-0.3, -0.25) is 0 Å². The molecule has 1 aromatic rings. The van der Waals surface area contributed by atoms with Crippen molar-refractivity contribution in [3.05, 3.63) is 29.8 Å². The fraction of sp³-hybridized carbons (Fsp3) is 0.667. The molecule has 1 unspecified atom stereocenters. The molecule has 0 aliphatic carbocycles. The molecule has 0 aliphatic heterocycles. The SMILES string of the molecule is CCCCC(CC)CSc1ccc(CNCCC)cc1. The van der Waals surface area contributed by atoms with E-state index in [2.05, 4.69) is 50.4 Å². The van der Waals surface area contributed by atoms with Gasteiger partial charge in [-0.05, 0) is 43.0 Å². The van der Waals surface area contributed by atoms with E-state index in [0.717, 1.165) is 19.0 Å². The second-order valence-electron chi connectivity index (χ2n) is 5.55. The van der Waals surface area contributed by atoms with Crippen LogP contribution in [0.3, 0.4) is 0 Å². The molecule has 0 aromatic heterocycles. The van der Waals surface area contributed by atoms with Gasteiger partial charge in [0, 0.05) is 17.2 Å². The zero-order valence-electron chi connectivity index (χ0n) is 13.5. The van der Waals surface area contributed by atoms with E-state index in [1.807, 2.05) is 11.8 Å². The van der Waals surface area contributed by atoms with E-state index in [9.17, 15) is 0 Å². The Morgan fingerprint density at radius 3 is 2.40 bits per heavy atom.